The number of methoxy groups -OCH3 is 1. The first kappa shape index (κ1) is 17.0. The first-order valence-corrected chi connectivity index (χ1v) is 8.05. The number of amides is 1. The van der Waals surface area contributed by atoms with Crippen molar-refractivity contribution in [3.05, 3.63) is 58.9 Å². The van der Waals surface area contributed by atoms with Crippen LogP contribution >= 0.6 is 0 Å². The van der Waals surface area contributed by atoms with E-state index >= 15 is 0 Å². The summed E-state index contributed by atoms with van der Waals surface area (Å²) >= 11 is 0. The highest BCUT2D eigenvalue weighted by molar-refractivity contribution is 5.81. The smallest absolute Gasteiger partial charge is 0.329 e. The molecule has 2 heterocycles. The van der Waals surface area contributed by atoms with Crippen LogP contribution in [0, 0.1) is 0 Å². The van der Waals surface area contributed by atoms with Crippen molar-refractivity contribution in [1.82, 2.24) is 14.0 Å². The molecule has 0 atom stereocenters. The van der Waals surface area contributed by atoms with E-state index in [2.05, 4.69) is 0 Å². The molecule has 25 heavy (non-hydrogen) atoms. The van der Waals surface area contributed by atoms with Gasteiger partial charge in [-0.25, -0.2) is 4.79 Å². The second-order valence-corrected chi connectivity index (χ2v) is 5.80. The standard InChI is InChI=1S/C18H21N3O4/c1-19-15-7-3-4-8-16(15)21(18(19)23)13-17(22)20(9-11-24-2)12-14-6-5-10-25-14/h3-8,10H,9,11-13H2,1-2H3. The minimum absolute atomic E-state index is 0.0232. The lowest BCUT2D eigenvalue weighted by Gasteiger charge is -2.21. The van der Waals surface area contributed by atoms with Crippen LogP contribution in [-0.2, 0) is 29.7 Å². The molecule has 0 aliphatic heterocycles. The lowest BCUT2D eigenvalue weighted by atomic mass is 10.3. The number of para-hydroxylation sites is 2. The van der Waals surface area contributed by atoms with Crippen molar-refractivity contribution in [2.24, 2.45) is 7.05 Å². The number of benzene rings is 1. The molecule has 3 rings (SSSR count). The molecule has 0 aliphatic rings. The number of furan rings is 1. The third-order valence-electron chi connectivity index (χ3n) is 4.19. The molecule has 7 heteroatoms. The van der Waals surface area contributed by atoms with Crippen LogP contribution in [0.4, 0.5) is 0 Å². The highest BCUT2D eigenvalue weighted by Gasteiger charge is 2.19. The second kappa shape index (κ2) is 7.40. The summed E-state index contributed by atoms with van der Waals surface area (Å²) in [7, 11) is 3.29. The number of aryl methyl sites for hydroxylation is 1. The van der Waals surface area contributed by atoms with Gasteiger partial charge in [0, 0.05) is 20.7 Å². The summed E-state index contributed by atoms with van der Waals surface area (Å²) in [5.74, 6) is 0.529. The Morgan fingerprint density at radius 1 is 1.20 bits per heavy atom. The molecule has 0 bridgehead atoms. The number of ether oxygens (including phenoxy) is 1. The van der Waals surface area contributed by atoms with Crippen molar-refractivity contribution in [1.29, 1.82) is 0 Å². The number of hydrogen-bond acceptors (Lipinski definition) is 4. The highest BCUT2D eigenvalue weighted by atomic mass is 16.5. The average molecular weight is 343 g/mol. The molecule has 0 unspecified atom stereocenters. The van der Waals surface area contributed by atoms with Gasteiger partial charge in [0.15, 0.2) is 0 Å². The molecular weight excluding hydrogens is 322 g/mol. The van der Waals surface area contributed by atoms with Crippen LogP contribution in [0.3, 0.4) is 0 Å². The number of carbonyl (C=O) groups excluding carboxylic acids is 1. The summed E-state index contributed by atoms with van der Waals surface area (Å²) in [4.78, 5) is 26.9. The van der Waals surface area contributed by atoms with Gasteiger partial charge in [0.05, 0.1) is 30.4 Å². The van der Waals surface area contributed by atoms with Crippen LogP contribution in [0.1, 0.15) is 5.76 Å². The molecule has 1 aromatic carbocycles. The van der Waals surface area contributed by atoms with E-state index in [0.717, 1.165) is 11.0 Å². The Kier molecular flexibility index (Phi) is 5.04. The largest absolute Gasteiger partial charge is 0.467 e. The molecule has 0 N–H and O–H groups in total. The van der Waals surface area contributed by atoms with Gasteiger partial charge in [-0.1, -0.05) is 12.1 Å². The van der Waals surface area contributed by atoms with E-state index < -0.39 is 0 Å². The zero-order valence-electron chi connectivity index (χ0n) is 14.3. The molecule has 2 aromatic heterocycles. The lowest BCUT2D eigenvalue weighted by Crippen LogP contribution is -2.38. The van der Waals surface area contributed by atoms with E-state index in [1.54, 1.807) is 36.0 Å². The molecule has 0 aliphatic carbocycles. The molecule has 132 valence electrons. The maximum absolute atomic E-state index is 12.8. The first-order chi connectivity index (χ1) is 12.1. The van der Waals surface area contributed by atoms with Crippen LogP contribution in [0.5, 0.6) is 0 Å². The molecule has 1 amide bonds. The van der Waals surface area contributed by atoms with Gasteiger partial charge in [0.2, 0.25) is 5.91 Å². The van der Waals surface area contributed by atoms with Crippen LogP contribution in [0.25, 0.3) is 11.0 Å². The molecule has 0 saturated heterocycles. The average Bonchev–Trinajstić information content (AvgIpc) is 3.22. The zero-order valence-corrected chi connectivity index (χ0v) is 14.3. The topological polar surface area (TPSA) is 69.6 Å². The number of fused-ring (bicyclic) bond motifs is 1. The highest BCUT2D eigenvalue weighted by Crippen LogP contribution is 2.12. The first-order valence-electron chi connectivity index (χ1n) is 8.05. The molecule has 3 aromatic rings. The minimum Gasteiger partial charge on any atom is -0.467 e. The van der Waals surface area contributed by atoms with Crippen LogP contribution < -0.4 is 5.69 Å². The van der Waals surface area contributed by atoms with Gasteiger partial charge >= 0.3 is 5.69 Å². The summed E-state index contributed by atoms with van der Waals surface area (Å²) < 4.78 is 13.5. The van der Waals surface area contributed by atoms with Gasteiger partial charge < -0.3 is 14.1 Å². The predicted molar refractivity (Wildman–Crippen MR) is 93.2 cm³/mol. The molecule has 0 spiro atoms. The maximum atomic E-state index is 12.8. The second-order valence-electron chi connectivity index (χ2n) is 5.80. The van der Waals surface area contributed by atoms with Gasteiger partial charge in [-0.2, -0.15) is 0 Å². The van der Waals surface area contributed by atoms with Crippen LogP contribution in [0.15, 0.2) is 51.9 Å². The van der Waals surface area contributed by atoms with Gasteiger partial charge in [0.25, 0.3) is 0 Å². The van der Waals surface area contributed by atoms with E-state index in [1.165, 1.54) is 4.57 Å². The number of rotatable bonds is 7. The van der Waals surface area contributed by atoms with Crippen molar-refractivity contribution < 1.29 is 13.9 Å². The number of hydrogen-bond donors (Lipinski definition) is 0. The lowest BCUT2D eigenvalue weighted by molar-refractivity contribution is -0.133. The fraction of sp³-hybridized carbons (Fsp3) is 0.333. The van der Waals surface area contributed by atoms with Crippen LogP contribution in [0.2, 0.25) is 0 Å². The van der Waals surface area contributed by atoms with Gasteiger partial charge in [-0.3, -0.25) is 13.9 Å². The summed E-state index contributed by atoms with van der Waals surface area (Å²) in [5, 5.41) is 0. The number of aromatic nitrogens is 2. The van der Waals surface area contributed by atoms with E-state index in [0.29, 0.717) is 25.5 Å². The molecule has 0 radical (unpaired) electrons. The minimum atomic E-state index is -0.209. The van der Waals surface area contributed by atoms with Crippen molar-refractivity contribution in [2.45, 2.75) is 13.1 Å². The molecule has 7 nitrogen and oxygen atoms in total. The summed E-state index contributed by atoms with van der Waals surface area (Å²) in [6, 6.07) is 11.0. The third kappa shape index (κ3) is 3.51. The Labute approximate surface area is 145 Å². The summed E-state index contributed by atoms with van der Waals surface area (Å²) in [6.07, 6.45) is 1.57. The number of nitrogens with zero attached hydrogens (tertiary/aromatic N) is 3. The monoisotopic (exact) mass is 343 g/mol. The normalized spacial score (nSPS) is 11.1. The molecule has 0 saturated carbocycles. The SMILES string of the molecule is COCCN(Cc1ccco1)C(=O)Cn1c(=O)n(C)c2ccccc21. The van der Waals surface area contributed by atoms with E-state index in [1.807, 2.05) is 30.3 Å². The molecule has 0 fully saturated rings. The van der Waals surface area contributed by atoms with Crippen molar-refractivity contribution in [3.63, 3.8) is 0 Å². The quantitative estimate of drug-likeness (QED) is 0.653. The van der Waals surface area contributed by atoms with Crippen molar-refractivity contribution in [2.75, 3.05) is 20.3 Å². The van der Waals surface area contributed by atoms with Gasteiger partial charge in [0.1, 0.15) is 12.3 Å². The Morgan fingerprint density at radius 3 is 2.64 bits per heavy atom. The Morgan fingerprint density at radius 2 is 1.96 bits per heavy atom. The van der Waals surface area contributed by atoms with Crippen LogP contribution in [-0.4, -0.2) is 40.2 Å². The fourth-order valence-corrected chi connectivity index (χ4v) is 2.84. The Bertz CT molecular complexity index is 908. The maximum Gasteiger partial charge on any atom is 0.329 e. The summed E-state index contributed by atoms with van der Waals surface area (Å²) in [5.41, 5.74) is 1.34. The Balaban J connectivity index is 1.86. The summed E-state index contributed by atoms with van der Waals surface area (Å²) in [6.45, 7) is 1.16. The van der Waals surface area contributed by atoms with E-state index in [-0.39, 0.29) is 18.1 Å². The number of carbonyl (C=O) groups is 1. The van der Waals surface area contributed by atoms with Crippen molar-refractivity contribution >= 4 is 16.9 Å². The Hall–Kier alpha value is -2.80. The fourth-order valence-electron chi connectivity index (χ4n) is 2.84. The predicted octanol–water partition coefficient (Wildman–Crippen LogP) is 1.61. The van der Waals surface area contributed by atoms with Gasteiger partial charge in [-0.15, -0.1) is 0 Å². The number of imidazole rings is 1. The zero-order chi connectivity index (χ0) is 17.8. The van der Waals surface area contributed by atoms with Crippen molar-refractivity contribution in [3.8, 4) is 0 Å². The van der Waals surface area contributed by atoms with E-state index in [4.69, 9.17) is 9.15 Å². The molecular formula is C18H21N3O4. The van der Waals surface area contributed by atoms with Gasteiger partial charge in [-0.05, 0) is 24.3 Å². The van der Waals surface area contributed by atoms with E-state index in [9.17, 15) is 9.59 Å². The third-order valence-corrected chi connectivity index (χ3v) is 4.19.